The van der Waals surface area contributed by atoms with Crippen LogP contribution >= 0.6 is 27.3 Å². The highest BCUT2D eigenvalue weighted by Gasteiger charge is 2.33. The number of allylic oxidation sites excluding steroid dienone is 1. The Kier molecular flexibility index (Phi) is 9.93. The number of halogens is 1. The van der Waals surface area contributed by atoms with Crippen molar-refractivity contribution in [3.8, 4) is 23.0 Å². The number of nitrogens with zero attached hydrogens (tertiary/aromatic N) is 2. The predicted octanol–water partition coefficient (Wildman–Crippen LogP) is 6.69. The van der Waals surface area contributed by atoms with Gasteiger partial charge in [0.1, 0.15) is 24.7 Å². The molecule has 1 aromatic heterocycles. The fourth-order valence-electron chi connectivity index (χ4n) is 5.41. The van der Waals surface area contributed by atoms with Gasteiger partial charge in [-0.1, -0.05) is 65.9 Å². The highest BCUT2D eigenvalue weighted by molar-refractivity contribution is 9.10. The molecule has 4 aromatic carbocycles. The minimum Gasteiger partial charge on any atom is -0.493 e. The van der Waals surface area contributed by atoms with Gasteiger partial charge < -0.3 is 18.9 Å². The van der Waals surface area contributed by atoms with Crippen LogP contribution in [0.3, 0.4) is 0 Å². The number of rotatable bonds is 10. The first-order valence-electron chi connectivity index (χ1n) is 15.3. The zero-order valence-corrected chi connectivity index (χ0v) is 29.3. The molecule has 10 heteroatoms. The van der Waals surface area contributed by atoms with Crippen molar-refractivity contribution in [2.45, 2.75) is 26.8 Å². The fourth-order valence-corrected chi connectivity index (χ4v) is 7.03. The maximum atomic E-state index is 14.1. The first kappa shape index (κ1) is 33.0. The Balaban J connectivity index is 1.30. The summed E-state index contributed by atoms with van der Waals surface area (Å²) in [5.74, 6) is 1.66. The average molecular weight is 726 g/mol. The second-order valence-corrected chi connectivity index (χ2v) is 13.0. The highest BCUT2D eigenvalue weighted by Crippen LogP contribution is 2.37. The van der Waals surface area contributed by atoms with Gasteiger partial charge in [-0.2, -0.15) is 0 Å². The lowest BCUT2D eigenvalue weighted by Gasteiger charge is -2.24. The molecule has 2 heterocycles. The molecule has 0 N–H and O–H groups in total. The zero-order chi connectivity index (χ0) is 33.8. The van der Waals surface area contributed by atoms with Crippen molar-refractivity contribution in [3.63, 3.8) is 0 Å². The Hall–Kier alpha value is -4.93. The third-order valence-corrected chi connectivity index (χ3v) is 9.51. The molecule has 0 amide bonds. The van der Waals surface area contributed by atoms with Gasteiger partial charge in [0, 0.05) is 0 Å². The third kappa shape index (κ3) is 7.00. The van der Waals surface area contributed by atoms with Gasteiger partial charge in [-0.05, 0) is 101 Å². The number of carbonyl (C=O) groups excluding carboxylic acids is 1. The predicted molar refractivity (Wildman–Crippen MR) is 190 cm³/mol. The molecule has 0 aliphatic carbocycles. The maximum absolute atomic E-state index is 14.1. The summed E-state index contributed by atoms with van der Waals surface area (Å²) in [7, 11) is 1.57. The molecule has 244 valence electrons. The van der Waals surface area contributed by atoms with E-state index >= 15 is 0 Å². The second kappa shape index (κ2) is 14.5. The van der Waals surface area contributed by atoms with Gasteiger partial charge in [0.15, 0.2) is 16.3 Å². The molecule has 0 saturated heterocycles. The molecule has 8 nitrogen and oxygen atoms in total. The minimum absolute atomic E-state index is 0.274. The van der Waals surface area contributed by atoms with Gasteiger partial charge in [0.2, 0.25) is 0 Å². The normalized spacial score (nSPS) is 14.3. The van der Waals surface area contributed by atoms with Gasteiger partial charge in [0.25, 0.3) is 5.56 Å². The number of fused-ring (bicyclic) bond motifs is 1. The summed E-state index contributed by atoms with van der Waals surface area (Å²) in [5.41, 5.74) is 4.38. The molecular weight excluding hydrogens is 692 g/mol. The molecule has 1 atom stereocenters. The largest absolute Gasteiger partial charge is 0.493 e. The van der Waals surface area contributed by atoms with Crippen LogP contribution in [0.25, 0.3) is 6.08 Å². The van der Waals surface area contributed by atoms with Crippen LogP contribution in [0.1, 0.15) is 35.2 Å². The molecule has 0 unspecified atom stereocenters. The van der Waals surface area contributed by atoms with Crippen LogP contribution in [0.15, 0.2) is 117 Å². The highest BCUT2D eigenvalue weighted by atomic mass is 79.9. The summed E-state index contributed by atoms with van der Waals surface area (Å²) in [6.07, 6.45) is 1.78. The second-order valence-electron chi connectivity index (χ2n) is 11.2. The van der Waals surface area contributed by atoms with Crippen molar-refractivity contribution in [3.05, 3.63) is 149 Å². The summed E-state index contributed by atoms with van der Waals surface area (Å²) >= 11 is 4.87. The van der Waals surface area contributed by atoms with Crippen LogP contribution in [0.4, 0.5) is 0 Å². The number of aromatic nitrogens is 1. The number of carbonyl (C=O) groups is 1. The molecule has 6 rings (SSSR count). The molecule has 0 radical (unpaired) electrons. The van der Waals surface area contributed by atoms with Crippen LogP contribution < -0.4 is 33.8 Å². The molecule has 0 bridgehead atoms. The van der Waals surface area contributed by atoms with Crippen LogP contribution in [-0.4, -0.2) is 30.9 Å². The van der Waals surface area contributed by atoms with Gasteiger partial charge in [-0.15, -0.1) is 0 Å². The van der Waals surface area contributed by atoms with E-state index in [1.807, 2.05) is 73.7 Å². The molecule has 1 aliphatic heterocycles. The quantitative estimate of drug-likeness (QED) is 0.0907. The van der Waals surface area contributed by atoms with Crippen LogP contribution in [0.5, 0.6) is 23.0 Å². The number of methoxy groups -OCH3 is 1. The van der Waals surface area contributed by atoms with E-state index in [0.717, 1.165) is 22.4 Å². The van der Waals surface area contributed by atoms with Crippen molar-refractivity contribution in [1.29, 1.82) is 0 Å². The van der Waals surface area contributed by atoms with Crippen LogP contribution in [-0.2, 0) is 4.79 Å². The first-order chi connectivity index (χ1) is 23.2. The molecule has 0 spiro atoms. The summed E-state index contributed by atoms with van der Waals surface area (Å²) in [6, 6.07) is 27.2. The Morgan fingerprint density at radius 1 is 0.896 bits per heavy atom. The number of thiazole rings is 1. The lowest BCUT2D eigenvalue weighted by molar-refractivity contribution is -0.130. The van der Waals surface area contributed by atoms with E-state index < -0.39 is 12.0 Å². The number of para-hydroxylation sites is 1. The Labute approximate surface area is 290 Å². The molecule has 1 aliphatic rings. The summed E-state index contributed by atoms with van der Waals surface area (Å²) in [6.45, 7) is 6.53. The Morgan fingerprint density at radius 3 is 2.31 bits per heavy atom. The van der Waals surface area contributed by atoms with Gasteiger partial charge >= 0.3 is 5.97 Å². The maximum Gasteiger partial charge on any atom is 0.343 e. The minimum atomic E-state index is -0.719. The van der Waals surface area contributed by atoms with Gasteiger partial charge in [-0.3, -0.25) is 9.36 Å². The number of esters is 1. The van der Waals surface area contributed by atoms with E-state index in [4.69, 9.17) is 23.9 Å². The molecule has 48 heavy (non-hydrogen) atoms. The molecular formula is C38H33BrN2O6S. The van der Waals surface area contributed by atoms with Crippen molar-refractivity contribution in [2.75, 3.05) is 20.3 Å². The van der Waals surface area contributed by atoms with Crippen molar-refractivity contribution >= 4 is 39.3 Å². The van der Waals surface area contributed by atoms with Crippen molar-refractivity contribution < 1.29 is 23.7 Å². The molecule has 0 saturated carbocycles. The van der Waals surface area contributed by atoms with Crippen LogP contribution in [0.2, 0.25) is 0 Å². The van der Waals surface area contributed by atoms with E-state index in [0.29, 0.717) is 55.5 Å². The molecule has 5 aromatic rings. The summed E-state index contributed by atoms with van der Waals surface area (Å²) in [4.78, 5) is 32.9. The number of benzene rings is 4. The lowest BCUT2D eigenvalue weighted by Crippen LogP contribution is -2.40. The average Bonchev–Trinajstić information content (AvgIpc) is 3.38. The van der Waals surface area contributed by atoms with Crippen LogP contribution in [0, 0.1) is 13.8 Å². The number of aryl methyl sites for hydroxylation is 2. The topological polar surface area (TPSA) is 88.4 Å². The van der Waals surface area contributed by atoms with E-state index in [-0.39, 0.29) is 5.56 Å². The Bertz CT molecular complexity index is 2190. The molecule has 0 fully saturated rings. The number of hydrogen-bond donors (Lipinski definition) is 0. The first-order valence-corrected chi connectivity index (χ1v) is 16.9. The van der Waals surface area contributed by atoms with Gasteiger partial charge in [-0.25, -0.2) is 9.79 Å². The van der Waals surface area contributed by atoms with E-state index in [1.54, 1.807) is 48.9 Å². The zero-order valence-electron chi connectivity index (χ0n) is 26.9. The number of hydrogen-bond acceptors (Lipinski definition) is 8. The van der Waals surface area contributed by atoms with E-state index in [1.165, 1.54) is 16.9 Å². The van der Waals surface area contributed by atoms with Crippen molar-refractivity contribution in [1.82, 2.24) is 4.57 Å². The smallest absolute Gasteiger partial charge is 0.343 e. The summed E-state index contributed by atoms with van der Waals surface area (Å²) < 4.78 is 26.0. The number of ether oxygens (including phenoxy) is 4. The summed E-state index contributed by atoms with van der Waals surface area (Å²) in [5, 5.41) is 0. The van der Waals surface area contributed by atoms with E-state index in [9.17, 15) is 9.59 Å². The fraction of sp³-hybridized carbons (Fsp3) is 0.184. The monoisotopic (exact) mass is 724 g/mol. The third-order valence-electron chi connectivity index (χ3n) is 7.94. The Morgan fingerprint density at radius 2 is 1.60 bits per heavy atom. The van der Waals surface area contributed by atoms with E-state index in [2.05, 4.69) is 22.9 Å². The van der Waals surface area contributed by atoms with Crippen molar-refractivity contribution in [2.24, 2.45) is 4.99 Å². The SMILES string of the molecule is COc1cc(/C=c2\sc3n(c2=O)[C@H](c2ccccc2)C(C(=O)Oc2ccccc2)=C(C)N=3)cc(Br)c1OCCOc1ccc(C)c(C)c1. The van der Waals surface area contributed by atoms with Gasteiger partial charge in [0.05, 0.1) is 33.4 Å². The standard InChI is InChI=1S/C38H33BrN2O6S/c1-23-15-16-29(19-24(23)2)45-17-18-46-35-30(39)20-26(21-31(35)44-4)22-32-36(42)41-34(27-11-7-5-8-12-27)33(25(3)40-38(41)48-32)37(43)47-28-13-9-6-10-14-28/h5-16,19-22,34H,17-18H2,1-4H3/b32-22-/t34-/m1/s1. The lowest BCUT2D eigenvalue weighted by atomic mass is 9.96.